The van der Waals surface area contributed by atoms with Crippen LogP contribution in [-0.2, 0) is 16.1 Å². The molecule has 9 heteroatoms. The molecule has 0 saturated heterocycles. The zero-order chi connectivity index (χ0) is 22.1. The molecule has 1 amide bonds. The predicted octanol–water partition coefficient (Wildman–Crippen LogP) is 4.48. The Bertz CT molecular complexity index is 1070. The second kappa shape index (κ2) is 11.1. The van der Waals surface area contributed by atoms with Gasteiger partial charge in [0.2, 0.25) is 0 Å². The number of aromatic nitrogens is 1. The molecule has 2 aromatic carbocycles. The lowest BCUT2D eigenvalue weighted by molar-refractivity contribution is -0.121. The third-order valence-corrected chi connectivity index (χ3v) is 5.03. The summed E-state index contributed by atoms with van der Waals surface area (Å²) in [5.74, 6) is -0.496. The number of anilines is 1. The van der Waals surface area contributed by atoms with Crippen molar-refractivity contribution < 1.29 is 19.1 Å². The first-order valence-electron chi connectivity index (χ1n) is 9.27. The van der Waals surface area contributed by atoms with Crippen molar-refractivity contribution in [1.29, 1.82) is 5.26 Å². The van der Waals surface area contributed by atoms with Gasteiger partial charge in [-0.15, -0.1) is 11.3 Å². The van der Waals surface area contributed by atoms with Crippen LogP contribution in [0.1, 0.15) is 22.5 Å². The SMILES string of the molecule is N#CCCN(C(=O)COC(=O)c1ccc(OCc2cscn2)cc1)c1cccc(Cl)c1. The molecule has 0 aliphatic carbocycles. The standard InChI is InChI=1S/C22H18ClN3O4S/c23-17-3-1-4-19(11-17)26(10-2-9-24)21(27)13-30-22(28)16-5-7-20(8-6-16)29-12-18-14-31-15-25-18/h1,3-8,11,14-15H,2,10,12-13H2. The van der Waals surface area contributed by atoms with Crippen LogP contribution in [0, 0.1) is 11.3 Å². The minimum atomic E-state index is -0.634. The summed E-state index contributed by atoms with van der Waals surface area (Å²) in [6, 6.07) is 15.1. The Morgan fingerprint density at radius 1 is 1.19 bits per heavy atom. The normalized spacial score (nSPS) is 10.2. The van der Waals surface area contributed by atoms with Gasteiger partial charge in [0.05, 0.1) is 29.3 Å². The van der Waals surface area contributed by atoms with E-state index in [1.807, 2.05) is 11.4 Å². The lowest BCUT2D eigenvalue weighted by Gasteiger charge is -2.21. The average Bonchev–Trinajstić information content (AvgIpc) is 3.30. The lowest BCUT2D eigenvalue weighted by atomic mass is 10.2. The minimum absolute atomic E-state index is 0.133. The van der Waals surface area contributed by atoms with Gasteiger partial charge in [0.1, 0.15) is 12.4 Å². The summed E-state index contributed by atoms with van der Waals surface area (Å²) in [6.45, 7) is 0.0426. The number of hydrogen-bond acceptors (Lipinski definition) is 7. The van der Waals surface area contributed by atoms with Crippen molar-refractivity contribution in [3.8, 4) is 11.8 Å². The van der Waals surface area contributed by atoms with Gasteiger partial charge in [0.15, 0.2) is 6.61 Å². The quantitative estimate of drug-likeness (QED) is 0.442. The Balaban J connectivity index is 1.56. The first-order valence-corrected chi connectivity index (χ1v) is 10.6. The van der Waals surface area contributed by atoms with Crippen molar-refractivity contribution in [2.75, 3.05) is 18.1 Å². The van der Waals surface area contributed by atoms with Gasteiger partial charge >= 0.3 is 5.97 Å². The Labute approximate surface area is 188 Å². The van der Waals surface area contributed by atoms with Crippen LogP contribution in [0.4, 0.5) is 5.69 Å². The van der Waals surface area contributed by atoms with Crippen molar-refractivity contribution in [2.45, 2.75) is 13.0 Å². The molecule has 0 aliphatic heterocycles. The van der Waals surface area contributed by atoms with Crippen molar-refractivity contribution in [2.24, 2.45) is 0 Å². The Morgan fingerprint density at radius 3 is 2.68 bits per heavy atom. The number of hydrogen-bond donors (Lipinski definition) is 0. The van der Waals surface area contributed by atoms with Crippen LogP contribution in [0.2, 0.25) is 5.02 Å². The molecular formula is C22H18ClN3O4S. The number of thiazole rings is 1. The van der Waals surface area contributed by atoms with Crippen LogP contribution < -0.4 is 9.64 Å². The lowest BCUT2D eigenvalue weighted by Crippen LogP contribution is -2.35. The van der Waals surface area contributed by atoms with Crippen LogP contribution in [0.3, 0.4) is 0 Å². The molecule has 0 N–H and O–H groups in total. The molecule has 7 nitrogen and oxygen atoms in total. The van der Waals surface area contributed by atoms with Crippen LogP contribution in [0.25, 0.3) is 0 Å². The highest BCUT2D eigenvalue weighted by molar-refractivity contribution is 7.07. The number of benzene rings is 2. The monoisotopic (exact) mass is 455 g/mol. The van der Waals surface area contributed by atoms with E-state index in [0.717, 1.165) is 5.69 Å². The number of rotatable bonds is 9. The largest absolute Gasteiger partial charge is 0.487 e. The highest BCUT2D eigenvalue weighted by Gasteiger charge is 2.18. The van der Waals surface area contributed by atoms with Crippen molar-refractivity contribution >= 4 is 40.5 Å². The molecule has 0 atom stereocenters. The number of halogens is 1. The maximum atomic E-state index is 12.6. The van der Waals surface area contributed by atoms with Gasteiger partial charge in [0, 0.05) is 22.6 Å². The number of amides is 1. The van der Waals surface area contributed by atoms with E-state index in [2.05, 4.69) is 4.98 Å². The van der Waals surface area contributed by atoms with E-state index in [1.165, 1.54) is 16.2 Å². The number of carbonyl (C=O) groups excluding carboxylic acids is 2. The number of carbonyl (C=O) groups is 2. The van der Waals surface area contributed by atoms with Crippen molar-refractivity contribution in [3.05, 3.63) is 75.7 Å². The Morgan fingerprint density at radius 2 is 2.00 bits per heavy atom. The fourth-order valence-corrected chi connectivity index (χ4v) is 3.37. The Hall–Kier alpha value is -3.41. The topological polar surface area (TPSA) is 92.5 Å². The number of esters is 1. The summed E-state index contributed by atoms with van der Waals surface area (Å²) >= 11 is 7.49. The van der Waals surface area contributed by atoms with E-state index >= 15 is 0 Å². The van der Waals surface area contributed by atoms with Gasteiger partial charge in [0.25, 0.3) is 5.91 Å². The molecule has 3 rings (SSSR count). The molecule has 0 radical (unpaired) electrons. The van der Waals surface area contributed by atoms with Crippen LogP contribution >= 0.6 is 22.9 Å². The minimum Gasteiger partial charge on any atom is -0.487 e. The van der Waals surface area contributed by atoms with Gasteiger partial charge in [-0.25, -0.2) is 9.78 Å². The number of nitriles is 1. The highest BCUT2D eigenvalue weighted by atomic mass is 35.5. The molecular weight excluding hydrogens is 438 g/mol. The van der Waals surface area contributed by atoms with Gasteiger partial charge in [-0.3, -0.25) is 4.79 Å². The molecule has 1 aromatic heterocycles. The number of nitrogens with zero attached hydrogens (tertiary/aromatic N) is 3. The molecule has 0 aliphatic rings. The van der Waals surface area contributed by atoms with Gasteiger partial charge < -0.3 is 14.4 Å². The zero-order valence-electron chi connectivity index (χ0n) is 16.4. The molecule has 0 bridgehead atoms. The number of ether oxygens (including phenoxy) is 2. The third-order valence-electron chi connectivity index (χ3n) is 4.16. The highest BCUT2D eigenvalue weighted by Crippen LogP contribution is 2.20. The van der Waals surface area contributed by atoms with E-state index in [4.69, 9.17) is 26.3 Å². The maximum absolute atomic E-state index is 12.6. The van der Waals surface area contributed by atoms with Crippen LogP contribution in [0.5, 0.6) is 5.75 Å². The summed E-state index contributed by atoms with van der Waals surface area (Å²) in [7, 11) is 0. The first-order chi connectivity index (χ1) is 15.1. The van der Waals surface area contributed by atoms with E-state index in [9.17, 15) is 9.59 Å². The summed E-state index contributed by atoms with van der Waals surface area (Å²) in [5.41, 5.74) is 3.38. The van der Waals surface area contributed by atoms with Crippen LogP contribution in [0.15, 0.2) is 59.4 Å². The predicted molar refractivity (Wildman–Crippen MR) is 117 cm³/mol. The van der Waals surface area contributed by atoms with E-state index in [0.29, 0.717) is 28.6 Å². The second-order valence-corrected chi connectivity index (χ2v) is 7.46. The molecule has 3 aromatic rings. The molecule has 1 heterocycles. The van der Waals surface area contributed by atoms with E-state index in [1.54, 1.807) is 54.0 Å². The van der Waals surface area contributed by atoms with Crippen LogP contribution in [-0.4, -0.2) is 30.0 Å². The summed E-state index contributed by atoms with van der Waals surface area (Å²) in [5, 5.41) is 11.2. The fourth-order valence-electron chi connectivity index (χ4n) is 2.65. The summed E-state index contributed by atoms with van der Waals surface area (Å²) in [6.07, 6.45) is 0.133. The molecule has 0 fully saturated rings. The van der Waals surface area contributed by atoms with Crippen molar-refractivity contribution in [3.63, 3.8) is 0 Å². The van der Waals surface area contributed by atoms with E-state index in [-0.39, 0.29) is 13.0 Å². The molecule has 0 saturated carbocycles. The van der Waals surface area contributed by atoms with E-state index < -0.39 is 18.5 Å². The second-order valence-electron chi connectivity index (χ2n) is 6.30. The maximum Gasteiger partial charge on any atom is 0.338 e. The molecule has 31 heavy (non-hydrogen) atoms. The summed E-state index contributed by atoms with van der Waals surface area (Å²) in [4.78, 5) is 30.4. The fraction of sp³-hybridized carbons (Fsp3) is 0.182. The third kappa shape index (κ3) is 6.54. The van der Waals surface area contributed by atoms with Gasteiger partial charge in [-0.1, -0.05) is 17.7 Å². The molecule has 0 spiro atoms. The van der Waals surface area contributed by atoms with Crippen molar-refractivity contribution in [1.82, 2.24) is 4.98 Å². The zero-order valence-corrected chi connectivity index (χ0v) is 17.9. The first kappa shape index (κ1) is 22.3. The van der Waals surface area contributed by atoms with Gasteiger partial charge in [-0.2, -0.15) is 5.26 Å². The summed E-state index contributed by atoms with van der Waals surface area (Å²) < 4.78 is 10.8. The average molecular weight is 456 g/mol. The smallest absolute Gasteiger partial charge is 0.338 e. The molecule has 0 unspecified atom stereocenters. The Kier molecular flexibility index (Phi) is 7.98. The van der Waals surface area contributed by atoms with Gasteiger partial charge in [-0.05, 0) is 42.5 Å². The molecule has 158 valence electrons.